The molecule has 0 saturated carbocycles. The number of rotatable bonds is 14. The number of aliphatic hydroxyl groups is 1. The molecule has 0 amide bonds. The molecule has 256 valence electrons. The second kappa shape index (κ2) is 16.2. The Bertz CT molecular complexity index is 1640. The SMILES string of the molecule is CCCc1nn(C)c2c(=O)[nH]c(-c3cc(C(=O)CN4CCN(CC)CC4)ccc3OCC)nc12.O=C(O)CC(O)(CC(=O)O)C(=O)O. The quantitative estimate of drug-likeness (QED) is 0.154. The van der Waals surface area contributed by atoms with Crippen LogP contribution in [0.5, 0.6) is 5.75 Å². The monoisotopic (exact) mass is 658 g/mol. The Kier molecular flexibility index (Phi) is 12.7. The molecule has 16 heteroatoms. The highest BCUT2D eigenvalue weighted by atomic mass is 16.5. The first-order valence-electron chi connectivity index (χ1n) is 15.3. The summed E-state index contributed by atoms with van der Waals surface area (Å²) >= 11 is 0. The lowest BCUT2D eigenvalue weighted by atomic mass is 9.96. The third kappa shape index (κ3) is 9.43. The number of hydrogen-bond acceptors (Lipinski definition) is 11. The van der Waals surface area contributed by atoms with Crippen molar-refractivity contribution < 1.29 is 44.3 Å². The molecule has 3 heterocycles. The van der Waals surface area contributed by atoms with Crippen molar-refractivity contribution in [1.82, 2.24) is 29.5 Å². The van der Waals surface area contributed by atoms with E-state index < -0.39 is 36.4 Å². The van der Waals surface area contributed by atoms with Gasteiger partial charge in [-0.25, -0.2) is 9.78 Å². The number of nitrogens with one attached hydrogen (secondary N) is 1. The first-order valence-corrected chi connectivity index (χ1v) is 15.3. The van der Waals surface area contributed by atoms with Crippen molar-refractivity contribution in [2.75, 3.05) is 45.9 Å². The number of fused-ring (bicyclic) bond motifs is 1. The molecule has 0 aliphatic carbocycles. The van der Waals surface area contributed by atoms with Crippen molar-refractivity contribution in [1.29, 1.82) is 0 Å². The molecule has 0 radical (unpaired) electrons. The molecule has 1 saturated heterocycles. The van der Waals surface area contributed by atoms with Crippen LogP contribution in [0.4, 0.5) is 0 Å². The van der Waals surface area contributed by atoms with Crippen LogP contribution < -0.4 is 10.3 Å². The van der Waals surface area contributed by atoms with Gasteiger partial charge in [0, 0.05) is 38.8 Å². The zero-order valence-electron chi connectivity index (χ0n) is 27.0. The van der Waals surface area contributed by atoms with E-state index in [1.165, 1.54) is 0 Å². The van der Waals surface area contributed by atoms with E-state index in [9.17, 15) is 24.0 Å². The van der Waals surface area contributed by atoms with Crippen LogP contribution in [0.2, 0.25) is 0 Å². The topological polar surface area (TPSA) is 228 Å². The van der Waals surface area contributed by atoms with Gasteiger partial charge in [-0.2, -0.15) is 5.10 Å². The van der Waals surface area contributed by atoms with Gasteiger partial charge in [0.15, 0.2) is 16.9 Å². The molecule has 0 spiro atoms. The van der Waals surface area contributed by atoms with Gasteiger partial charge in [0.25, 0.3) is 5.56 Å². The van der Waals surface area contributed by atoms with Crippen LogP contribution in [0.3, 0.4) is 0 Å². The summed E-state index contributed by atoms with van der Waals surface area (Å²) in [5, 5.41) is 38.3. The summed E-state index contributed by atoms with van der Waals surface area (Å²) in [6.45, 7) is 11.7. The van der Waals surface area contributed by atoms with Gasteiger partial charge in [-0.3, -0.25) is 28.8 Å². The number of aromatic amines is 1. The van der Waals surface area contributed by atoms with Gasteiger partial charge in [-0.1, -0.05) is 20.3 Å². The summed E-state index contributed by atoms with van der Waals surface area (Å²) in [5.74, 6) is -4.00. The van der Waals surface area contributed by atoms with Crippen LogP contribution in [-0.2, 0) is 27.9 Å². The minimum atomic E-state index is -2.74. The van der Waals surface area contributed by atoms with Crippen LogP contribution >= 0.6 is 0 Å². The number of aryl methyl sites for hydroxylation is 2. The lowest BCUT2D eigenvalue weighted by Gasteiger charge is -2.33. The Labute approximate surface area is 270 Å². The Morgan fingerprint density at radius 1 is 0.979 bits per heavy atom. The number of H-pyrrole nitrogens is 1. The molecule has 3 aromatic rings. The number of Topliss-reactive ketones (excluding diaryl/α,β-unsaturated/α-hetero) is 1. The molecule has 16 nitrogen and oxygen atoms in total. The predicted octanol–water partition coefficient (Wildman–Crippen LogP) is 1.25. The minimum Gasteiger partial charge on any atom is -0.493 e. The molecular weight excluding hydrogens is 616 g/mol. The molecule has 1 aromatic carbocycles. The number of benzene rings is 1. The zero-order valence-corrected chi connectivity index (χ0v) is 27.0. The van der Waals surface area contributed by atoms with Gasteiger partial charge < -0.3 is 35.0 Å². The summed E-state index contributed by atoms with van der Waals surface area (Å²) in [5.41, 5.74) is 0.0270. The molecule has 5 N–H and O–H groups in total. The number of carboxylic acid groups (broad SMARTS) is 3. The average Bonchev–Trinajstić information content (AvgIpc) is 3.32. The fraction of sp³-hybridized carbons (Fsp3) is 0.516. The number of ketones is 1. The fourth-order valence-corrected chi connectivity index (χ4v) is 5.22. The number of aliphatic carboxylic acids is 3. The van der Waals surface area contributed by atoms with Gasteiger partial charge >= 0.3 is 17.9 Å². The van der Waals surface area contributed by atoms with Crippen LogP contribution in [0.1, 0.15) is 56.1 Å². The summed E-state index contributed by atoms with van der Waals surface area (Å²) in [6, 6.07) is 5.37. The van der Waals surface area contributed by atoms with E-state index in [0.717, 1.165) is 51.3 Å². The Balaban J connectivity index is 0.000000392. The highest BCUT2D eigenvalue weighted by Crippen LogP contribution is 2.30. The molecule has 0 bridgehead atoms. The fourth-order valence-electron chi connectivity index (χ4n) is 5.22. The summed E-state index contributed by atoms with van der Waals surface area (Å²) < 4.78 is 7.41. The number of carbonyl (C=O) groups is 4. The number of hydrogen-bond donors (Lipinski definition) is 5. The maximum atomic E-state index is 13.1. The summed E-state index contributed by atoms with van der Waals surface area (Å²) in [6.07, 6.45) is -0.657. The second-order valence-corrected chi connectivity index (χ2v) is 11.2. The standard InChI is InChI=1S/C25H34N6O3.C6H8O7/c1-5-8-19-22-23(29(4)28-19)25(33)27-24(26-22)18-15-17(9-10-21(18)34-7-3)20(32)16-31-13-11-30(6-2)12-14-31;7-3(8)1-6(13,5(11)12)2-4(9)10/h9-10,15H,5-8,11-14,16H2,1-4H3,(H,26,27,33);13H,1-2H2,(H,7,8)(H,9,10)(H,11,12). The normalized spacial score (nSPS) is 14.0. The molecule has 1 aliphatic heterocycles. The van der Waals surface area contributed by atoms with Gasteiger partial charge in [0.2, 0.25) is 0 Å². The van der Waals surface area contributed by atoms with Gasteiger partial charge in [-0.05, 0) is 38.1 Å². The molecule has 1 fully saturated rings. The van der Waals surface area contributed by atoms with E-state index in [4.69, 9.17) is 30.1 Å². The smallest absolute Gasteiger partial charge is 0.336 e. The molecule has 47 heavy (non-hydrogen) atoms. The van der Waals surface area contributed by atoms with Crippen molar-refractivity contribution in [3.05, 3.63) is 39.8 Å². The second-order valence-electron chi connectivity index (χ2n) is 11.2. The molecule has 2 aromatic heterocycles. The predicted molar refractivity (Wildman–Crippen MR) is 170 cm³/mol. The largest absolute Gasteiger partial charge is 0.493 e. The molecule has 0 atom stereocenters. The molecule has 4 rings (SSSR count). The summed E-state index contributed by atoms with van der Waals surface area (Å²) in [7, 11) is 1.75. The van der Waals surface area contributed by atoms with Crippen LogP contribution in [0.25, 0.3) is 22.4 Å². The van der Waals surface area contributed by atoms with Gasteiger partial charge in [-0.15, -0.1) is 0 Å². The Morgan fingerprint density at radius 2 is 1.60 bits per heavy atom. The lowest BCUT2D eigenvalue weighted by molar-refractivity contribution is -0.170. The number of likely N-dealkylation sites (N-methyl/N-ethyl adjacent to an activating group) is 1. The zero-order chi connectivity index (χ0) is 34.9. The van der Waals surface area contributed by atoms with E-state index in [1.807, 2.05) is 6.92 Å². The highest BCUT2D eigenvalue weighted by molar-refractivity contribution is 5.99. The number of aromatic nitrogens is 4. The van der Waals surface area contributed by atoms with Crippen LogP contribution in [0.15, 0.2) is 23.0 Å². The summed E-state index contributed by atoms with van der Waals surface area (Å²) in [4.78, 5) is 68.8. The number of piperazine rings is 1. The average molecular weight is 659 g/mol. The van der Waals surface area contributed by atoms with Crippen molar-refractivity contribution in [2.24, 2.45) is 7.05 Å². The van der Waals surface area contributed by atoms with Crippen LogP contribution in [-0.4, -0.2) is 125 Å². The Hall–Kier alpha value is -4.67. The lowest BCUT2D eigenvalue weighted by Crippen LogP contribution is -2.47. The number of carboxylic acids is 3. The van der Waals surface area contributed by atoms with Crippen LogP contribution in [0, 0.1) is 0 Å². The highest BCUT2D eigenvalue weighted by Gasteiger charge is 2.40. The number of ether oxygens (including phenoxy) is 1. The first-order chi connectivity index (χ1) is 22.2. The first kappa shape index (κ1) is 36.8. The van der Waals surface area contributed by atoms with E-state index in [2.05, 4.69) is 33.7 Å². The van der Waals surface area contributed by atoms with Crippen molar-refractivity contribution in [2.45, 2.75) is 52.1 Å². The maximum Gasteiger partial charge on any atom is 0.336 e. The van der Waals surface area contributed by atoms with E-state index in [0.29, 0.717) is 46.9 Å². The van der Waals surface area contributed by atoms with Gasteiger partial charge in [0.1, 0.15) is 17.1 Å². The van der Waals surface area contributed by atoms with Crippen molar-refractivity contribution >= 4 is 34.7 Å². The van der Waals surface area contributed by atoms with E-state index >= 15 is 0 Å². The molecule has 0 unspecified atom stereocenters. The van der Waals surface area contributed by atoms with Crippen molar-refractivity contribution in [3.63, 3.8) is 0 Å². The third-order valence-corrected chi connectivity index (χ3v) is 7.67. The van der Waals surface area contributed by atoms with E-state index in [-0.39, 0.29) is 11.3 Å². The number of carbonyl (C=O) groups excluding carboxylic acids is 1. The minimum absolute atomic E-state index is 0.0470. The maximum absolute atomic E-state index is 13.1. The van der Waals surface area contributed by atoms with Crippen molar-refractivity contribution in [3.8, 4) is 17.1 Å². The third-order valence-electron chi connectivity index (χ3n) is 7.67. The molecule has 1 aliphatic rings. The number of nitrogens with zero attached hydrogens (tertiary/aromatic N) is 5. The Morgan fingerprint density at radius 3 is 2.13 bits per heavy atom. The van der Waals surface area contributed by atoms with Gasteiger partial charge in [0.05, 0.1) is 37.3 Å². The van der Waals surface area contributed by atoms with E-state index in [1.54, 1.807) is 29.9 Å². The molecular formula is C31H42N6O10.